The van der Waals surface area contributed by atoms with E-state index in [0.29, 0.717) is 4.47 Å². The summed E-state index contributed by atoms with van der Waals surface area (Å²) in [4.78, 5) is 17.4. The van der Waals surface area contributed by atoms with Gasteiger partial charge < -0.3 is 10.5 Å². The molecule has 0 aliphatic rings. The maximum absolute atomic E-state index is 10.2. The van der Waals surface area contributed by atoms with Crippen molar-refractivity contribution in [3.05, 3.63) is 16.9 Å². The van der Waals surface area contributed by atoms with Gasteiger partial charge in [0.2, 0.25) is 0 Å². The van der Waals surface area contributed by atoms with Gasteiger partial charge in [0.25, 0.3) is 0 Å². The van der Waals surface area contributed by atoms with Crippen LogP contribution >= 0.6 is 15.9 Å². The molecule has 11 heavy (non-hydrogen) atoms. The predicted octanol–water partition coefficient (Wildman–Crippen LogP) is 0.697. The van der Waals surface area contributed by atoms with E-state index in [-0.39, 0.29) is 6.01 Å². The Balaban J connectivity index is 2.74. The molecule has 0 aliphatic heterocycles. The van der Waals surface area contributed by atoms with Crippen LogP contribution in [0.4, 0.5) is 4.79 Å². The lowest BCUT2D eigenvalue weighted by atomic mass is 10.7. The van der Waals surface area contributed by atoms with E-state index < -0.39 is 6.09 Å². The third-order valence-electron chi connectivity index (χ3n) is 0.789. The summed E-state index contributed by atoms with van der Waals surface area (Å²) in [6.07, 6.45) is 1.98. The number of hydrogen-bond acceptors (Lipinski definition) is 4. The normalized spacial score (nSPS) is 9.18. The number of aromatic nitrogens is 2. The summed E-state index contributed by atoms with van der Waals surface area (Å²) in [6.45, 7) is 0. The minimum Gasteiger partial charge on any atom is -0.374 e. The van der Waals surface area contributed by atoms with Gasteiger partial charge in [-0.25, -0.2) is 14.8 Å². The fourth-order valence-corrected chi connectivity index (χ4v) is 0.648. The molecule has 0 aromatic carbocycles. The summed E-state index contributed by atoms with van der Waals surface area (Å²) in [5, 5.41) is 0. The van der Waals surface area contributed by atoms with Gasteiger partial charge >= 0.3 is 12.1 Å². The molecule has 1 rings (SSSR count). The zero-order chi connectivity index (χ0) is 8.27. The van der Waals surface area contributed by atoms with E-state index in [4.69, 9.17) is 5.73 Å². The van der Waals surface area contributed by atoms with Crippen molar-refractivity contribution in [3.8, 4) is 6.01 Å². The molecule has 5 nitrogen and oxygen atoms in total. The Bertz CT molecular complexity index is 261. The second-order valence-corrected chi connectivity index (χ2v) is 2.52. The summed E-state index contributed by atoms with van der Waals surface area (Å²) in [6, 6.07) is -0.0549. The third-order valence-corrected chi connectivity index (χ3v) is 1.20. The largest absolute Gasteiger partial charge is 0.412 e. The van der Waals surface area contributed by atoms with E-state index >= 15 is 0 Å². The average molecular weight is 218 g/mol. The molecular formula is C5H4BrN3O2. The number of nitrogens with zero attached hydrogens (tertiary/aromatic N) is 2. The summed E-state index contributed by atoms with van der Waals surface area (Å²) in [7, 11) is 0. The van der Waals surface area contributed by atoms with Gasteiger partial charge in [-0.1, -0.05) is 0 Å². The fraction of sp³-hybridized carbons (Fsp3) is 0. The number of carbonyl (C=O) groups excluding carboxylic acids is 1. The van der Waals surface area contributed by atoms with Gasteiger partial charge in [-0.15, -0.1) is 0 Å². The lowest BCUT2D eigenvalue weighted by Gasteiger charge is -1.95. The van der Waals surface area contributed by atoms with Crippen LogP contribution in [0.25, 0.3) is 0 Å². The second kappa shape index (κ2) is 3.29. The Hall–Kier alpha value is -1.17. The van der Waals surface area contributed by atoms with Crippen LogP contribution in [0.3, 0.4) is 0 Å². The van der Waals surface area contributed by atoms with E-state index in [1.165, 1.54) is 12.4 Å². The lowest BCUT2D eigenvalue weighted by Crippen LogP contribution is -2.17. The van der Waals surface area contributed by atoms with Gasteiger partial charge in [0.1, 0.15) is 0 Å². The van der Waals surface area contributed by atoms with Gasteiger partial charge in [-0.3, -0.25) is 0 Å². The first-order valence-electron chi connectivity index (χ1n) is 2.63. The van der Waals surface area contributed by atoms with Crippen molar-refractivity contribution in [1.29, 1.82) is 0 Å². The molecule has 0 unspecified atom stereocenters. The molecule has 0 bridgehead atoms. The molecule has 0 fully saturated rings. The molecule has 0 radical (unpaired) electrons. The number of hydrogen-bond donors (Lipinski definition) is 1. The van der Waals surface area contributed by atoms with Crippen molar-refractivity contribution < 1.29 is 9.53 Å². The van der Waals surface area contributed by atoms with Crippen LogP contribution < -0.4 is 10.5 Å². The van der Waals surface area contributed by atoms with Crippen molar-refractivity contribution >= 4 is 22.0 Å². The van der Waals surface area contributed by atoms with E-state index in [9.17, 15) is 4.79 Å². The molecule has 0 saturated carbocycles. The summed E-state index contributed by atoms with van der Waals surface area (Å²) >= 11 is 3.11. The first-order valence-corrected chi connectivity index (χ1v) is 3.42. The highest BCUT2D eigenvalue weighted by molar-refractivity contribution is 9.10. The first-order chi connectivity index (χ1) is 5.18. The van der Waals surface area contributed by atoms with Gasteiger partial charge in [0.05, 0.1) is 4.47 Å². The topological polar surface area (TPSA) is 78.1 Å². The molecule has 1 amide bonds. The smallest absolute Gasteiger partial charge is 0.374 e. The molecule has 2 N–H and O–H groups in total. The van der Waals surface area contributed by atoms with Crippen LogP contribution in [-0.2, 0) is 0 Å². The van der Waals surface area contributed by atoms with Crippen molar-refractivity contribution in [3.63, 3.8) is 0 Å². The van der Waals surface area contributed by atoms with Crippen molar-refractivity contribution in [2.24, 2.45) is 5.73 Å². The zero-order valence-corrected chi connectivity index (χ0v) is 6.91. The van der Waals surface area contributed by atoms with Crippen molar-refractivity contribution in [2.45, 2.75) is 0 Å². The molecule has 6 heteroatoms. The van der Waals surface area contributed by atoms with Crippen LogP contribution in [0.5, 0.6) is 6.01 Å². The molecule has 1 aromatic rings. The second-order valence-electron chi connectivity index (χ2n) is 1.60. The zero-order valence-electron chi connectivity index (χ0n) is 5.32. The monoisotopic (exact) mass is 217 g/mol. The van der Waals surface area contributed by atoms with Gasteiger partial charge in [0, 0.05) is 12.4 Å². The quantitative estimate of drug-likeness (QED) is 0.752. The van der Waals surface area contributed by atoms with E-state index in [1.54, 1.807) is 0 Å². The molecule has 0 saturated heterocycles. The van der Waals surface area contributed by atoms with Gasteiger partial charge in [-0.2, -0.15) is 0 Å². The minimum atomic E-state index is -0.924. The SMILES string of the molecule is NC(=O)Oc1ncc(Br)cn1. The fourth-order valence-electron chi connectivity index (χ4n) is 0.443. The molecule has 0 spiro atoms. The van der Waals surface area contributed by atoms with Gasteiger partial charge in [-0.05, 0) is 15.9 Å². The van der Waals surface area contributed by atoms with Crippen molar-refractivity contribution in [1.82, 2.24) is 9.97 Å². The maximum Gasteiger partial charge on any atom is 0.412 e. The highest BCUT2D eigenvalue weighted by Crippen LogP contribution is 2.07. The van der Waals surface area contributed by atoms with E-state index in [2.05, 4.69) is 30.6 Å². The number of nitrogens with two attached hydrogens (primary N) is 1. The standard InChI is InChI=1S/C5H4BrN3O2/c6-3-1-8-5(9-2-3)11-4(7)10/h1-2H,(H2,7,10). The number of rotatable bonds is 1. The Morgan fingerprint density at radius 2 is 2.09 bits per heavy atom. The maximum atomic E-state index is 10.2. The Morgan fingerprint density at radius 1 is 1.55 bits per heavy atom. The Morgan fingerprint density at radius 3 is 2.55 bits per heavy atom. The summed E-state index contributed by atoms with van der Waals surface area (Å²) in [5.74, 6) is 0. The van der Waals surface area contributed by atoms with Crippen LogP contribution in [0.1, 0.15) is 0 Å². The Kier molecular flexibility index (Phi) is 2.37. The molecule has 1 heterocycles. The van der Waals surface area contributed by atoms with Crippen LogP contribution in [0.2, 0.25) is 0 Å². The number of ether oxygens (including phenoxy) is 1. The van der Waals surface area contributed by atoms with E-state index in [1.807, 2.05) is 0 Å². The van der Waals surface area contributed by atoms with Gasteiger partial charge in [0.15, 0.2) is 0 Å². The Labute approximate surface area is 70.7 Å². The summed E-state index contributed by atoms with van der Waals surface area (Å²) in [5.41, 5.74) is 4.71. The van der Waals surface area contributed by atoms with Crippen molar-refractivity contribution in [2.75, 3.05) is 0 Å². The predicted molar refractivity (Wildman–Crippen MR) is 39.9 cm³/mol. The highest BCUT2D eigenvalue weighted by Gasteiger charge is 1.99. The number of primary amides is 1. The number of carbonyl (C=O) groups is 1. The molecule has 1 aromatic heterocycles. The molecule has 0 atom stereocenters. The van der Waals surface area contributed by atoms with Crippen LogP contribution in [0, 0.1) is 0 Å². The summed E-state index contributed by atoms with van der Waals surface area (Å²) < 4.78 is 5.07. The molecular weight excluding hydrogens is 214 g/mol. The number of halogens is 1. The third kappa shape index (κ3) is 2.50. The number of amides is 1. The first kappa shape index (κ1) is 7.93. The van der Waals surface area contributed by atoms with Crippen LogP contribution in [0.15, 0.2) is 16.9 Å². The van der Waals surface area contributed by atoms with E-state index in [0.717, 1.165) is 0 Å². The molecule has 0 aliphatic carbocycles. The minimum absolute atomic E-state index is 0.0549. The molecule has 58 valence electrons. The highest BCUT2D eigenvalue weighted by atomic mass is 79.9. The average Bonchev–Trinajstić information content (AvgIpc) is 1.93. The lowest BCUT2D eigenvalue weighted by molar-refractivity contribution is 0.207. The van der Waals surface area contributed by atoms with Crippen LogP contribution in [-0.4, -0.2) is 16.1 Å².